The van der Waals surface area contributed by atoms with Crippen LogP contribution in [0.5, 0.6) is 11.5 Å². The van der Waals surface area contributed by atoms with Gasteiger partial charge >= 0.3 is 0 Å². The van der Waals surface area contributed by atoms with Crippen molar-refractivity contribution in [3.8, 4) is 11.5 Å². The van der Waals surface area contributed by atoms with Crippen LogP contribution in [0.15, 0.2) is 53.6 Å². The maximum absolute atomic E-state index is 10.2. The van der Waals surface area contributed by atoms with Crippen LogP contribution in [0.25, 0.3) is 0 Å². The summed E-state index contributed by atoms with van der Waals surface area (Å²) in [5.74, 6) is 0.716. The molecule has 2 aromatic carbocycles. The molecule has 0 radical (unpaired) electrons. The number of hydrogen-bond donors (Lipinski definition) is 3. The molecule has 2 aromatic rings. The van der Waals surface area contributed by atoms with Gasteiger partial charge in [0, 0.05) is 17.7 Å². The third kappa shape index (κ3) is 6.25. The van der Waals surface area contributed by atoms with Crippen LogP contribution < -0.4 is 15.5 Å². The SMILES string of the molecule is Oc1cc(OCc2ccccc2)ccc1/C=N/NC(=S)NC1CCCCC1. The third-order valence-electron chi connectivity index (χ3n) is 4.56. The van der Waals surface area contributed by atoms with Crippen LogP contribution in [-0.4, -0.2) is 22.5 Å². The van der Waals surface area contributed by atoms with E-state index in [4.69, 9.17) is 17.0 Å². The molecule has 1 aliphatic rings. The summed E-state index contributed by atoms with van der Waals surface area (Å²) in [7, 11) is 0. The number of thiocarbonyl (C=S) groups is 1. The maximum atomic E-state index is 10.2. The van der Waals surface area contributed by atoms with Crippen LogP contribution >= 0.6 is 12.2 Å². The van der Waals surface area contributed by atoms with Crippen LogP contribution in [0, 0.1) is 0 Å². The second kappa shape index (κ2) is 9.92. The predicted octanol–water partition coefficient (Wildman–Crippen LogP) is 4.10. The molecular formula is C21H25N3O2S. The van der Waals surface area contributed by atoms with Gasteiger partial charge in [0.2, 0.25) is 0 Å². The quantitative estimate of drug-likeness (QED) is 0.398. The summed E-state index contributed by atoms with van der Waals surface area (Å²) in [6.07, 6.45) is 7.64. The van der Waals surface area contributed by atoms with Gasteiger partial charge in [-0.15, -0.1) is 0 Å². The minimum Gasteiger partial charge on any atom is -0.507 e. The second-order valence-electron chi connectivity index (χ2n) is 6.67. The summed E-state index contributed by atoms with van der Waals surface area (Å²) < 4.78 is 5.70. The van der Waals surface area contributed by atoms with Gasteiger partial charge in [0.05, 0.1) is 6.21 Å². The molecular weight excluding hydrogens is 358 g/mol. The highest BCUT2D eigenvalue weighted by Gasteiger charge is 2.13. The Balaban J connectivity index is 1.48. The number of hydrazone groups is 1. The predicted molar refractivity (Wildman–Crippen MR) is 112 cm³/mol. The van der Waals surface area contributed by atoms with Gasteiger partial charge in [-0.2, -0.15) is 5.10 Å². The number of phenolic OH excluding ortho intramolecular Hbond substituents is 1. The Kier molecular flexibility index (Phi) is 7.04. The summed E-state index contributed by atoms with van der Waals surface area (Å²) in [4.78, 5) is 0. The van der Waals surface area contributed by atoms with Gasteiger partial charge < -0.3 is 15.2 Å². The zero-order valence-corrected chi connectivity index (χ0v) is 16.0. The number of phenols is 1. The number of nitrogens with one attached hydrogen (secondary N) is 2. The fourth-order valence-corrected chi connectivity index (χ4v) is 3.31. The van der Waals surface area contributed by atoms with Gasteiger partial charge in [-0.3, -0.25) is 5.43 Å². The van der Waals surface area contributed by atoms with Crippen molar-refractivity contribution in [2.24, 2.45) is 5.10 Å². The fraction of sp³-hybridized carbons (Fsp3) is 0.333. The van der Waals surface area contributed by atoms with E-state index >= 15 is 0 Å². The first-order valence-corrected chi connectivity index (χ1v) is 9.71. The van der Waals surface area contributed by atoms with E-state index in [9.17, 15) is 5.11 Å². The lowest BCUT2D eigenvalue weighted by Crippen LogP contribution is -2.40. The fourth-order valence-electron chi connectivity index (χ4n) is 3.09. The molecule has 6 heteroatoms. The summed E-state index contributed by atoms with van der Waals surface area (Å²) in [5.41, 5.74) is 4.48. The van der Waals surface area contributed by atoms with E-state index < -0.39 is 0 Å². The monoisotopic (exact) mass is 383 g/mol. The molecule has 0 atom stereocenters. The minimum absolute atomic E-state index is 0.109. The maximum Gasteiger partial charge on any atom is 0.187 e. The minimum atomic E-state index is 0.109. The van der Waals surface area contributed by atoms with Crippen LogP contribution in [0.1, 0.15) is 43.2 Å². The van der Waals surface area contributed by atoms with Gasteiger partial charge in [-0.25, -0.2) is 0 Å². The molecule has 27 heavy (non-hydrogen) atoms. The van der Waals surface area contributed by atoms with E-state index in [1.807, 2.05) is 36.4 Å². The lowest BCUT2D eigenvalue weighted by molar-refractivity contribution is 0.304. The molecule has 0 saturated heterocycles. The van der Waals surface area contributed by atoms with Gasteiger partial charge in [0.15, 0.2) is 5.11 Å². The average Bonchev–Trinajstić information content (AvgIpc) is 2.69. The highest BCUT2D eigenvalue weighted by atomic mass is 32.1. The summed E-state index contributed by atoms with van der Waals surface area (Å²) in [5, 5.41) is 18.1. The highest BCUT2D eigenvalue weighted by Crippen LogP contribution is 2.23. The normalized spacial score (nSPS) is 14.8. The zero-order valence-electron chi connectivity index (χ0n) is 15.2. The van der Waals surface area contributed by atoms with Crippen molar-refractivity contribution in [3.63, 3.8) is 0 Å². The van der Waals surface area contributed by atoms with Crippen LogP contribution in [0.2, 0.25) is 0 Å². The van der Waals surface area contributed by atoms with Gasteiger partial charge in [0.1, 0.15) is 18.1 Å². The molecule has 0 aliphatic heterocycles. The first kappa shape index (κ1) is 19.2. The Bertz CT molecular complexity index is 774. The molecule has 1 saturated carbocycles. The number of benzene rings is 2. The van der Waals surface area contributed by atoms with Crippen molar-refractivity contribution >= 4 is 23.5 Å². The lowest BCUT2D eigenvalue weighted by atomic mass is 9.96. The van der Waals surface area contributed by atoms with Gasteiger partial charge in [-0.05, 0) is 42.8 Å². The second-order valence-corrected chi connectivity index (χ2v) is 7.08. The van der Waals surface area contributed by atoms with Crippen molar-refractivity contribution in [2.45, 2.75) is 44.8 Å². The van der Waals surface area contributed by atoms with Gasteiger partial charge in [0.25, 0.3) is 0 Å². The molecule has 142 valence electrons. The molecule has 0 unspecified atom stereocenters. The summed E-state index contributed by atoms with van der Waals surface area (Å²) in [6.45, 7) is 0.455. The first-order valence-electron chi connectivity index (χ1n) is 9.30. The van der Waals surface area contributed by atoms with Crippen molar-refractivity contribution < 1.29 is 9.84 Å². The number of nitrogens with zero attached hydrogens (tertiary/aromatic N) is 1. The zero-order chi connectivity index (χ0) is 18.9. The van der Waals surface area contributed by atoms with E-state index in [0.717, 1.165) is 18.4 Å². The Labute approximate surface area is 165 Å². The Morgan fingerprint density at radius 3 is 2.67 bits per heavy atom. The smallest absolute Gasteiger partial charge is 0.187 e. The van der Waals surface area contributed by atoms with Crippen LogP contribution in [0.3, 0.4) is 0 Å². The first-order chi connectivity index (χ1) is 13.2. The molecule has 0 aromatic heterocycles. The molecule has 0 spiro atoms. The van der Waals surface area contributed by atoms with Crippen LogP contribution in [0.4, 0.5) is 0 Å². The molecule has 1 aliphatic carbocycles. The molecule has 0 heterocycles. The third-order valence-corrected chi connectivity index (χ3v) is 4.77. The summed E-state index contributed by atoms with van der Waals surface area (Å²) in [6, 6.07) is 15.5. The topological polar surface area (TPSA) is 65.9 Å². The number of hydrogen-bond acceptors (Lipinski definition) is 4. The Hall–Kier alpha value is -2.60. The van der Waals surface area contributed by atoms with E-state index in [1.54, 1.807) is 18.3 Å². The standard InChI is InChI=1S/C21H25N3O2S/c25-20-13-19(26-15-16-7-3-1-4-8-16)12-11-17(20)14-22-24-21(27)23-18-9-5-2-6-10-18/h1,3-4,7-8,11-14,18,25H,2,5-6,9-10,15H2,(H2,23,24,27)/b22-14+. The van der Waals surface area contributed by atoms with Crippen molar-refractivity contribution in [2.75, 3.05) is 0 Å². The van der Waals surface area contributed by atoms with Crippen LogP contribution in [-0.2, 0) is 6.61 Å². The highest BCUT2D eigenvalue weighted by molar-refractivity contribution is 7.80. The molecule has 3 rings (SSSR count). The lowest BCUT2D eigenvalue weighted by Gasteiger charge is -2.23. The molecule has 3 N–H and O–H groups in total. The van der Waals surface area contributed by atoms with E-state index in [-0.39, 0.29) is 5.75 Å². The molecule has 5 nitrogen and oxygen atoms in total. The Morgan fingerprint density at radius 1 is 1.15 bits per heavy atom. The van der Waals surface area contributed by atoms with Crippen molar-refractivity contribution in [1.82, 2.24) is 10.7 Å². The largest absolute Gasteiger partial charge is 0.507 e. The van der Waals surface area contributed by atoms with Crippen molar-refractivity contribution in [1.29, 1.82) is 0 Å². The number of ether oxygens (including phenoxy) is 1. The molecule has 1 fully saturated rings. The molecule has 0 bridgehead atoms. The number of rotatable bonds is 6. The molecule has 0 amide bonds. The van der Waals surface area contributed by atoms with Gasteiger partial charge in [-0.1, -0.05) is 49.6 Å². The van der Waals surface area contributed by atoms with Crippen molar-refractivity contribution in [3.05, 3.63) is 59.7 Å². The van der Waals surface area contributed by atoms with E-state index in [2.05, 4.69) is 15.8 Å². The Morgan fingerprint density at radius 2 is 1.93 bits per heavy atom. The average molecular weight is 384 g/mol. The van der Waals surface area contributed by atoms with E-state index in [1.165, 1.54) is 19.3 Å². The number of aromatic hydroxyl groups is 1. The summed E-state index contributed by atoms with van der Waals surface area (Å²) >= 11 is 5.27. The van der Waals surface area contributed by atoms with E-state index in [0.29, 0.717) is 29.1 Å².